The standard InChI is InChI=1S/C20H20ClFN2OS/c1-2-8-23-9-6-20(7-10-23)13-24(17-4-3-14(22)12-15(17)20)19(25)18-16(21)5-11-26-18/h2-5,11-12H,1,6-10,13H2. The zero-order chi connectivity index (χ0) is 18.3. The number of amides is 1. The first-order valence-electron chi connectivity index (χ1n) is 8.72. The largest absolute Gasteiger partial charge is 0.306 e. The first-order chi connectivity index (χ1) is 12.5. The Morgan fingerprint density at radius 3 is 2.77 bits per heavy atom. The van der Waals surface area contributed by atoms with E-state index in [2.05, 4.69) is 11.5 Å². The molecule has 1 fully saturated rings. The van der Waals surface area contributed by atoms with E-state index < -0.39 is 0 Å². The molecule has 0 aliphatic carbocycles. The molecule has 1 amide bonds. The predicted molar refractivity (Wildman–Crippen MR) is 105 cm³/mol. The van der Waals surface area contributed by atoms with Gasteiger partial charge in [0.15, 0.2) is 0 Å². The third-order valence-corrected chi connectivity index (χ3v) is 6.87. The summed E-state index contributed by atoms with van der Waals surface area (Å²) >= 11 is 7.53. The maximum absolute atomic E-state index is 14.0. The van der Waals surface area contributed by atoms with Gasteiger partial charge in [-0.2, -0.15) is 0 Å². The van der Waals surface area contributed by atoms with Crippen molar-refractivity contribution in [3.63, 3.8) is 0 Å². The summed E-state index contributed by atoms with van der Waals surface area (Å²) in [4.78, 5) is 17.8. The lowest BCUT2D eigenvalue weighted by Crippen LogP contribution is -2.46. The molecule has 1 spiro atoms. The highest BCUT2D eigenvalue weighted by molar-refractivity contribution is 7.12. The van der Waals surface area contributed by atoms with Gasteiger partial charge in [0.2, 0.25) is 0 Å². The number of piperidine rings is 1. The number of hydrogen-bond acceptors (Lipinski definition) is 3. The highest BCUT2D eigenvalue weighted by Crippen LogP contribution is 2.48. The Bertz CT molecular complexity index is 857. The summed E-state index contributed by atoms with van der Waals surface area (Å²) < 4.78 is 14.0. The van der Waals surface area contributed by atoms with Gasteiger partial charge in [0.25, 0.3) is 5.91 Å². The summed E-state index contributed by atoms with van der Waals surface area (Å²) in [5.74, 6) is -0.344. The molecule has 0 atom stereocenters. The molecule has 6 heteroatoms. The van der Waals surface area contributed by atoms with E-state index in [0.29, 0.717) is 16.4 Å². The maximum Gasteiger partial charge on any atom is 0.269 e. The van der Waals surface area contributed by atoms with Crippen molar-refractivity contribution in [1.29, 1.82) is 0 Å². The van der Waals surface area contributed by atoms with Crippen LogP contribution in [0.25, 0.3) is 0 Å². The molecule has 0 N–H and O–H groups in total. The molecule has 3 nitrogen and oxygen atoms in total. The summed E-state index contributed by atoms with van der Waals surface area (Å²) in [6, 6.07) is 6.52. The molecular formula is C20H20ClFN2OS. The first kappa shape index (κ1) is 17.7. The van der Waals surface area contributed by atoms with Crippen LogP contribution < -0.4 is 4.90 Å². The van der Waals surface area contributed by atoms with Gasteiger partial charge in [0.05, 0.1) is 5.02 Å². The fourth-order valence-corrected chi connectivity index (χ4v) is 5.25. The van der Waals surface area contributed by atoms with Crippen molar-refractivity contribution in [2.24, 2.45) is 0 Å². The minimum atomic E-state index is -0.250. The molecule has 0 unspecified atom stereocenters. The number of hydrogen-bond donors (Lipinski definition) is 0. The van der Waals surface area contributed by atoms with E-state index in [0.717, 1.165) is 43.7 Å². The van der Waals surface area contributed by atoms with Crippen molar-refractivity contribution in [2.45, 2.75) is 18.3 Å². The van der Waals surface area contributed by atoms with Gasteiger partial charge in [-0.25, -0.2) is 4.39 Å². The molecule has 3 heterocycles. The quantitative estimate of drug-likeness (QED) is 0.708. The van der Waals surface area contributed by atoms with Crippen molar-refractivity contribution in [3.8, 4) is 0 Å². The topological polar surface area (TPSA) is 23.6 Å². The van der Waals surface area contributed by atoms with Crippen LogP contribution in [0.2, 0.25) is 5.02 Å². The third kappa shape index (κ3) is 2.88. The van der Waals surface area contributed by atoms with Crippen molar-refractivity contribution in [1.82, 2.24) is 4.90 Å². The average molecular weight is 391 g/mol. The van der Waals surface area contributed by atoms with E-state index in [1.54, 1.807) is 23.1 Å². The van der Waals surface area contributed by atoms with Crippen LogP contribution in [0.4, 0.5) is 10.1 Å². The van der Waals surface area contributed by atoms with Crippen molar-refractivity contribution >= 4 is 34.5 Å². The number of fused-ring (bicyclic) bond motifs is 2. The molecule has 1 aromatic heterocycles. The summed E-state index contributed by atoms with van der Waals surface area (Å²) in [6.45, 7) is 7.09. The molecule has 1 aromatic carbocycles. The van der Waals surface area contributed by atoms with Gasteiger partial charge in [-0.15, -0.1) is 17.9 Å². The van der Waals surface area contributed by atoms with Gasteiger partial charge in [0, 0.05) is 24.2 Å². The van der Waals surface area contributed by atoms with Crippen LogP contribution in [0.5, 0.6) is 0 Å². The number of benzene rings is 1. The second-order valence-electron chi connectivity index (χ2n) is 7.02. The van der Waals surface area contributed by atoms with Crippen LogP contribution in [0, 0.1) is 5.82 Å². The average Bonchev–Trinajstić information content (AvgIpc) is 3.19. The number of likely N-dealkylation sites (tertiary alicyclic amines) is 1. The smallest absolute Gasteiger partial charge is 0.269 e. The highest BCUT2D eigenvalue weighted by Gasteiger charge is 2.46. The molecule has 0 bridgehead atoms. The number of anilines is 1. The Hall–Kier alpha value is -1.69. The van der Waals surface area contributed by atoms with Gasteiger partial charge >= 0.3 is 0 Å². The van der Waals surface area contributed by atoms with E-state index >= 15 is 0 Å². The number of carbonyl (C=O) groups is 1. The Morgan fingerprint density at radius 2 is 2.12 bits per heavy atom. The van der Waals surface area contributed by atoms with E-state index in [4.69, 9.17) is 11.6 Å². The molecule has 1 saturated heterocycles. The van der Waals surface area contributed by atoms with E-state index in [1.165, 1.54) is 17.4 Å². The minimum absolute atomic E-state index is 0.0942. The fourth-order valence-electron chi connectivity index (χ4n) is 4.17. The van der Waals surface area contributed by atoms with Gasteiger partial charge in [-0.3, -0.25) is 9.69 Å². The van der Waals surface area contributed by atoms with Gasteiger partial charge in [-0.1, -0.05) is 17.7 Å². The van der Waals surface area contributed by atoms with Gasteiger partial charge in [-0.05, 0) is 61.1 Å². The molecule has 2 aliphatic rings. The monoisotopic (exact) mass is 390 g/mol. The molecule has 0 radical (unpaired) electrons. The van der Waals surface area contributed by atoms with Crippen molar-refractivity contribution in [2.75, 3.05) is 31.1 Å². The summed E-state index contributed by atoms with van der Waals surface area (Å²) in [6.07, 6.45) is 3.72. The molecule has 2 aromatic rings. The van der Waals surface area contributed by atoms with Crippen LogP contribution >= 0.6 is 22.9 Å². The van der Waals surface area contributed by atoms with Crippen LogP contribution in [0.1, 0.15) is 28.1 Å². The van der Waals surface area contributed by atoms with E-state index in [9.17, 15) is 9.18 Å². The maximum atomic E-state index is 14.0. The minimum Gasteiger partial charge on any atom is -0.306 e. The normalized spacial score (nSPS) is 18.9. The van der Waals surface area contributed by atoms with Gasteiger partial charge < -0.3 is 4.90 Å². The number of nitrogens with zero attached hydrogens (tertiary/aromatic N) is 2. The lowest BCUT2D eigenvalue weighted by molar-refractivity contribution is 0.0982. The first-order valence-corrected chi connectivity index (χ1v) is 9.98. The molecule has 26 heavy (non-hydrogen) atoms. The number of carbonyl (C=O) groups excluding carboxylic acids is 1. The SMILES string of the molecule is C=CCN1CCC2(CC1)CN(C(=O)c1sccc1Cl)c1ccc(F)cc12. The second kappa shape index (κ2) is 6.80. The number of halogens is 2. The Kier molecular flexibility index (Phi) is 4.63. The Labute approximate surface area is 161 Å². The molecule has 4 rings (SSSR count). The molecular weight excluding hydrogens is 371 g/mol. The molecule has 2 aliphatic heterocycles. The van der Waals surface area contributed by atoms with E-state index in [1.807, 2.05) is 11.5 Å². The molecule has 136 valence electrons. The van der Waals surface area contributed by atoms with E-state index in [-0.39, 0.29) is 17.1 Å². The zero-order valence-electron chi connectivity index (χ0n) is 14.4. The Morgan fingerprint density at radius 1 is 1.35 bits per heavy atom. The van der Waals surface area contributed by atoms with Crippen LogP contribution in [-0.4, -0.2) is 37.0 Å². The van der Waals surface area contributed by atoms with Crippen molar-refractivity contribution < 1.29 is 9.18 Å². The van der Waals surface area contributed by atoms with Crippen LogP contribution in [0.15, 0.2) is 42.3 Å². The lowest BCUT2D eigenvalue weighted by atomic mass is 9.74. The fraction of sp³-hybridized carbons (Fsp3) is 0.350. The highest BCUT2D eigenvalue weighted by atomic mass is 35.5. The third-order valence-electron chi connectivity index (χ3n) is 5.54. The second-order valence-corrected chi connectivity index (χ2v) is 8.34. The Balaban J connectivity index is 1.69. The van der Waals surface area contributed by atoms with Crippen LogP contribution in [-0.2, 0) is 5.41 Å². The number of rotatable bonds is 3. The number of thiophene rings is 1. The summed E-state index contributed by atoms with van der Waals surface area (Å²) in [5.41, 5.74) is 1.59. The zero-order valence-corrected chi connectivity index (χ0v) is 16.0. The van der Waals surface area contributed by atoms with Gasteiger partial charge in [0.1, 0.15) is 10.7 Å². The summed E-state index contributed by atoms with van der Waals surface area (Å²) in [5, 5.41) is 2.30. The summed E-state index contributed by atoms with van der Waals surface area (Å²) in [7, 11) is 0. The predicted octanol–water partition coefficient (Wildman–Crippen LogP) is 4.72. The van der Waals surface area contributed by atoms with Crippen molar-refractivity contribution in [3.05, 3.63) is 63.6 Å². The van der Waals surface area contributed by atoms with Crippen LogP contribution in [0.3, 0.4) is 0 Å². The molecule has 0 saturated carbocycles. The lowest BCUT2D eigenvalue weighted by Gasteiger charge is -2.39.